The first kappa shape index (κ1) is 19.2. The summed E-state index contributed by atoms with van der Waals surface area (Å²) in [6, 6.07) is 0.291. The van der Waals surface area contributed by atoms with Crippen molar-refractivity contribution in [2.24, 2.45) is 16.8 Å². The zero-order valence-electron chi connectivity index (χ0n) is 13.9. The molecule has 0 spiro atoms. The van der Waals surface area contributed by atoms with Crippen LogP contribution < -0.4 is 10.6 Å². The van der Waals surface area contributed by atoms with Crippen LogP contribution in [0.4, 0.5) is 0 Å². The van der Waals surface area contributed by atoms with E-state index in [2.05, 4.69) is 15.6 Å². The minimum absolute atomic E-state index is 0.0103. The molecule has 138 valence electrons. The lowest BCUT2D eigenvalue weighted by molar-refractivity contribution is 0.235. The van der Waals surface area contributed by atoms with Crippen LogP contribution in [0.1, 0.15) is 44.9 Å². The van der Waals surface area contributed by atoms with Crippen LogP contribution in [0, 0.1) is 11.8 Å². The molecule has 0 aromatic rings. The van der Waals surface area contributed by atoms with Gasteiger partial charge in [-0.1, -0.05) is 6.42 Å². The summed E-state index contributed by atoms with van der Waals surface area (Å²) in [4.78, 5) is 4.51. The van der Waals surface area contributed by atoms with Gasteiger partial charge in [-0.25, -0.2) is 0 Å². The highest BCUT2D eigenvalue weighted by atomic mass is 35.5. The number of halogens is 4. The van der Waals surface area contributed by atoms with Crippen molar-refractivity contribution in [2.75, 3.05) is 13.1 Å². The summed E-state index contributed by atoms with van der Waals surface area (Å²) in [5.41, 5.74) is 0. The Kier molecular flexibility index (Phi) is 7.11. The van der Waals surface area contributed by atoms with Crippen LogP contribution in [0.15, 0.2) is 4.99 Å². The summed E-state index contributed by atoms with van der Waals surface area (Å²) in [5, 5.41) is 7.21. The fourth-order valence-corrected chi connectivity index (χ4v) is 5.68. The molecule has 3 rings (SSSR count). The molecule has 0 saturated heterocycles. The second-order valence-electron chi connectivity index (χ2n) is 7.41. The highest BCUT2D eigenvalue weighted by Crippen LogP contribution is 2.39. The van der Waals surface area contributed by atoms with Crippen molar-refractivity contribution in [1.29, 1.82) is 0 Å². The molecule has 7 atom stereocenters. The molecule has 1 heterocycles. The second kappa shape index (κ2) is 8.88. The van der Waals surface area contributed by atoms with E-state index in [4.69, 9.17) is 46.4 Å². The van der Waals surface area contributed by atoms with Gasteiger partial charge >= 0.3 is 0 Å². The summed E-state index contributed by atoms with van der Waals surface area (Å²) in [6.07, 6.45) is 7.46. The molecule has 24 heavy (non-hydrogen) atoms. The Morgan fingerprint density at radius 1 is 1.04 bits per heavy atom. The number of nitrogens with zero attached hydrogens (tertiary/aromatic N) is 1. The maximum atomic E-state index is 6.70. The maximum absolute atomic E-state index is 6.70. The average molecular weight is 415 g/mol. The van der Waals surface area contributed by atoms with Crippen LogP contribution in [-0.2, 0) is 0 Å². The van der Waals surface area contributed by atoms with E-state index >= 15 is 0 Å². The van der Waals surface area contributed by atoms with E-state index in [1.165, 1.54) is 0 Å². The second-order valence-corrected chi connectivity index (χ2v) is 9.60. The lowest BCUT2D eigenvalue weighted by Crippen LogP contribution is -2.50. The lowest BCUT2D eigenvalue weighted by atomic mass is 9.76. The van der Waals surface area contributed by atoms with Gasteiger partial charge in [0, 0.05) is 18.0 Å². The highest BCUT2D eigenvalue weighted by molar-refractivity contribution is 6.30. The molecular weight excluding hydrogens is 388 g/mol. The average Bonchev–Trinajstić information content (AvgIpc) is 3.06. The number of nitrogens with one attached hydrogen (secondary N) is 2. The molecule has 2 N–H and O–H groups in total. The molecule has 3 aliphatic rings. The van der Waals surface area contributed by atoms with Gasteiger partial charge < -0.3 is 10.6 Å². The Bertz CT molecular complexity index is 448. The number of alkyl halides is 4. The number of rotatable bonds is 4. The van der Waals surface area contributed by atoms with Gasteiger partial charge in [0.2, 0.25) is 0 Å². The largest absolute Gasteiger partial charge is 0.355 e. The Morgan fingerprint density at radius 3 is 2.58 bits per heavy atom. The van der Waals surface area contributed by atoms with Crippen LogP contribution in [0.25, 0.3) is 0 Å². The molecule has 0 bridgehead atoms. The Balaban J connectivity index is 1.67. The standard InChI is InChI=1S/C17H27Cl4N3/c18-12-5-4-10(8-14(12)20)9-15(24-17-22-6-7-23-17)11-2-1-3-13(19)16(11)21/h10-16H,1-9H2,(H2,22,23,24). The molecule has 2 saturated carbocycles. The lowest BCUT2D eigenvalue weighted by Gasteiger charge is -2.40. The molecule has 0 radical (unpaired) electrons. The van der Waals surface area contributed by atoms with Gasteiger partial charge in [-0.05, 0) is 50.4 Å². The highest BCUT2D eigenvalue weighted by Gasteiger charge is 2.38. The van der Waals surface area contributed by atoms with Crippen molar-refractivity contribution in [3.05, 3.63) is 0 Å². The summed E-state index contributed by atoms with van der Waals surface area (Å²) in [7, 11) is 0. The molecule has 1 aliphatic heterocycles. The number of hydrogen-bond acceptors (Lipinski definition) is 3. The number of hydrogen-bond donors (Lipinski definition) is 2. The predicted molar refractivity (Wildman–Crippen MR) is 105 cm³/mol. The van der Waals surface area contributed by atoms with Gasteiger partial charge in [-0.3, -0.25) is 4.99 Å². The van der Waals surface area contributed by atoms with Crippen LogP contribution >= 0.6 is 46.4 Å². The van der Waals surface area contributed by atoms with Crippen LogP contribution in [0.2, 0.25) is 0 Å². The van der Waals surface area contributed by atoms with E-state index in [1.54, 1.807) is 0 Å². The van der Waals surface area contributed by atoms with Crippen molar-refractivity contribution in [2.45, 2.75) is 72.5 Å². The van der Waals surface area contributed by atoms with Crippen LogP contribution in [-0.4, -0.2) is 46.6 Å². The first-order chi connectivity index (χ1) is 11.5. The molecule has 7 unspecified atom stereocenters. The molecule has 2 fully saturated rings. The fourth-order valence-electron chi connectivity index (χ4n) is 4.30. The Hall–Kier alpha value is 0.430. The van der Waals surface area contributed by atoms with Gasteiger partial charge in [0.05, 0.1) is 22.7 Å². The zero-order chi connectivity index (χ0) is 17.1. The third-order valence-electron chi connectivity index (χ3n) is 5.67. The fraction of sp³-hybridized carbons (Fsp3) is 0.941. The van der Waals surface area contributed by atoms with Crippen LogP contribution in [0.3, 0.4) is 0 Å². The Morgan fingerprint density at radius 2 is 1.88 bits per heavy atom. The minimum Gasteiger partial charge on any atom is -0.355 e. The van der Waals surface area contributed by atoms with Crippen molar-refractivity contribution in [3.63, 3.8) is 0 Å². The first-order valence-electron chi connectivity index (χ1n) is 9.15. The van der Waals surface area contributed by atoms with Crippen molar-refractivity contribution >= 4 is 52.4 Å². The Labute approximate surface area is 165 Å². The summed E-state index contributed by atoms with van der Waals surface area (Å²) in [6.45, 7) is 1.74. The third-order valence-corrected chi connectivity index (χ3v) is 8.05. The predicted octanol–water partition coefficient (Wildman–Crippen LogP) is 4.32. The topological polar surface area (TPSA) is 36.4 Å². The van der Waals surface area contributed by atoms with E-state index in [-0.39, 0.29) is 21.5 Å². The molecule has 2 aliphatic carbocycles. The molecule has 3 nitrogen and oxygen atoms in total. The van der Waals surface area contributed by atoms with Gasteiger partial charge in [-0.15, -0.1) is 46.4 Å². The van der Waals surface area contributed by atoms with Gasteiger partial charge in [0.15, 0.2) is 5.96 Å². The van der Waals surface area contributed by atoms with E-state index < -0.39 is 0 Å². The first-order valence-corrected chi connectivity index (χ1v) is 10.9. The van der Waals surface area contributed by atoms with Gasteiger partial charge in [0.25, 0.3) is 0 Å². The van der Waals surface area contributed by atoms with E-state index in [9.17, 15) is 0 Å². The smallest absolute Gasteiger partial charge is 0.191 e. The molecular formula is C17H27Cl4N3. The molecule has 0 amide bonds. The zero-order valence-corrected chi connectivity index (χ0v) is 16.9. The summed E-state index contributed by atoms with van der Waals surface area (Å²) >= 11 is 25.9. The van der Waals surface area contributed by atoms with Crippen LogP contribution in [0.5, 0.6) is 0 Å². The van der Waals surface area contributed by atoms with Crippen molar-refractivity contribution in [1.82, 2.24) is 10.6 Å². The SMILES string of the molecule is ClC1CCC(CC(NC2=NCCN2)C2CCCC(Cl)C2Cl)CC1Cl. The van der Waals surface area contributed by atoms with E-state index in [0.29, 0.717) is 17.9 Å². The minimum atomic E-state index is 0.0103. The normalized spacial score (nSPS) is 41.4. The van der Waals surface area contributed by atoms with E-state index in [0.717, 1.165) is 64.0 Å². The van der Waals surface area contributed by atoms with Gasteiger partial charge in [-0.2, -0.15) is 0 Å². The van der Waals surface area contributed by atoms with Gasteiger partial charge in [0.1, 0.15) is 0 Å². The summed E-state index contributed by atoms with van der Waals surface area (Å²) < 4.78 is 0. The summed E-state index contributed by atoms with van der Waals surface area (Å²) in [5.74, 6) is 1.87. The maximum Gasteiger partial charge on any atom is 0.191 e. The monoisotopic (exact) mass is 413 g/mol. The van der Waals surface area contributed by atoms with E-state index in [1.807, 2.05) is 0 Å². The third kappa shape index (κ3) is 4.78. The quantitative estimate of drug-likeness (QED) is 0.671. The number of guanidine groups is 1. The molecule has 0 aromatic carbocycles. The molecule has 7 heteroatoms. The van der Waals surface area contributed by atoms with Crippen molar-refractivity contribution < 1.29 is 0 Å². The molecule has 0 aromatic heterocycles. The van der Waals surface area contributed by atoms with Crippen molar-refractivity contribution in [3.8, 4) is 0 Å². The number of aliphatic imine (C=N–C) groups is 1.